The van der Waals surface area contributed by atoms with Crippen molar-refractivity contribution in [1.29, 1.82) is 0 Å². The van der Waals surface area contributed by atoms with Crippen LogP contribution in [0.15, 0.2) is 146 Å². The van der Waals surface area contributed by atoms with Crippen LogP contribution in [-0.4, -0.2) is 9.97 Å². The quantitative estimate of drug-likeness (QED) is 0.199. The smallest absolute Gasteiger partial charge is 0.0972 e. The van der Waals surface area contributed by atoms with Gasteiger partial charge >= 0.3 is 0 Å². The van der Waals surface area contributed by atoms with E-state index in [1.807, 2.05) is 11.3 Å². The molecule has 0 N–H and O–H groups in total. The molecule has 0 spiro atoms. The van der Waals surface area contributed by atoms with E-state index in [1.54, 1.807) is 0 Å². The standard InChI is InChI=1S/C40H24N2S/c1-2-9-30-25(7-1)8-5-12-32(30)36-24-22-29-20-19-28-21-23-35(41-38(28)39(29)42-36)27-17-15-26(16-18-27)31-11-6-13-34-33-10-3-4-14-37(33)43-40(31)34/h1-24H. The number of nitrogens with zero attached hydrogens (tertiary/aromatic N) is 2. The SMILES string of the molecule is c1ccc2c(-c3ccc4ccc5ccc(-c6ccc(-c7cccc8c7sc7ccccc78)cc6)nc5c4n3)cccc2c1. The summed E-state index contributed by atoms with van der Waals surface area (Å²) in [6.45, 7) is 0. The molecular weight excluding hydrogens is 541 g/mol. The number of hydrogen-bond acceptors (Lipinski definition) is 3. The first-order valence-corrected chi connectivity index (χ1v) is 15.3. The summed E-state index contributed by atoms with van der Waals surface area (Å²) in [6.07, 6.45) is 0. The average molecular weight is 565 g/mol. The number of hydrogen-bond donors (Lipinski definition) is 0. The highest BCUT2D eigenvalue weighted by Gasteiger charge is 2.12. The fourth-order valence-corrected chi connectivity index (χ4v) is 7.56. The first-order chi connectivity index (χ1) is 21.3. The molecule has 0 aliphatic heterocycles. The molecule has 6 aromatic carbocycles. The van der Waals surface area contributed by atoms with Gasteiger partial charge in [-0.05, 0) is 40.1 Å². The Kier molecular flexibility index (Phi) is 5.40. The minimum atomic E-state index is 0.927. The van der Waals surface area contributed by atoms with Gasteiger partial charge in [-0.15, -0.1) is 11.3 Å². The van der Waals surface area contributed by atoms with Crippen LogP contribution in [0.2, 0.25) is 0 Å². The van der Waals surface area contributed by atoms with E-state index in [2.05, 4.69) is 146 Å². The maximum atomic E-state index is 5.20. The largest absolute Gasteiger partial charge is 0.245 e. The fourth-order valence-electron chi connectivity index (χ4n) is 6.32. The molecule has 0 bridgehead atoms. The molecule has 0 fully saturated rings. The minimum absolute atomic E-state index is 0.927. The molecule has 0 amide bonds. The second kappa shape index (κ2) is 9.59. The van der Waals surface area contributed by atoms with Crippen LogP contribution in [0.1, 0.15) is 0 Å². The molecule has 9 aromatic rings. The Hall–Kier alpha value is -5.38. The summed E-state index contributed by atoms with van der Waals surface area (Å²) in [6, 6.07) is 51.9. The normalized spacial score (nSPS) is 11.7. The van der Waals surface area contributed by atoms with Crippen molar-refractivity contribution in [2.75, 3.05) is 0 Å². The van der Waals surface area contributed by atoms with Gasteiger partial charge in [0.15, 0.2) is 0 Å². The Bertz CT molecular complexity index is 2500. The summed E-state index contributed by atoms with van der Waals surface area (Å²) in [5, 5.41) is 7.25. The predicted octanol–water partition coefficient (Wildman–Crippen LogP) is 11.3. The number of benzene rings is 6. The van der Waals surface area contributed by atoms with E-state index in [0.717, 1.165) is 44.3 Å². The first-order valence-electron chi connectivity index (χ1n) is 14.5. The molecule has 0 aliphatic rings. The van der Waals surface area contributed by atoms with Crippen LogP contribution in [-0.2, 0) is 0 Å². The zero-order valence-electron chi connectivity index (χ0n) is 23.2. The molecule has 0 unspecified atom stereocenters. The second-order valence-corrected chi connectivity index (χ2v) is 12.0. The topological polar surface area (TPSA) is 25.8 Å². The summed E-state index contributed by atoms with van der Waals surface area (Å²) in [5.41, 5.74) is 8.48. The van der Waals surface area contributed by atoms with E-state index in [1.165, 1.54) is 42.1 Å². The van der Waals surface area contributed by atoms with Crippen LogP contribution in [0, 0.1) is 0 Å². The molecule has 0 radical (unpaired) electrons. The van der Waals surface area contributed by atoms with Crippen molar-refractivity contribution in [2.45, 2.75) is 0 Å². The van der Waals surface area contributed by atoms with Gasteiger partial charge in [-0.1, -0.05) is 127 Å². The Morgan fingerprint density at radius 1 is 0.372 bits per heavy atom. The van der Waals surface area contributed by atoms with Gasteiger partial charge in [0.2, 0.25) is 0 Å². The molecule has 43 heavy (non-hydrogen) atoms. The zero-order chi connectivity index (χ0) is 28.3. The van der Waals surface area contributed by atoms with Crippen molar-refractivity contribution >= 4 is 64.1 Å². The van der Waals surface area contributed by atoms with E-state index < -0.39 is 0 Å². The second-order valence-electron chi connectivity index (χ2n) is 11.0. The number of thiophene rings is 1. The molecule has 9 rings (SSSR count). The van der Waals surface area contributed by atoms with E-state index in [4.69, 9.17) is 9.97 Å². The molecule has 3 aromatic heterocycles. The highest BCUT2D eigenvalue weighted by molar-refractivity contribution is 7.26. The maximum Gasteiger partial charge on any atom is 0.0972 e. The molecule has 0 saturated heterocycles. The van der Waals surface area contributed by atoms with Crippen molar-refractivity contribution in [3.63, 3.8) is 0 Å². The van der Waals surface area contributed by atoms with Gasteiger partial charge in [0, 0.05) is 42.1 Å². The Labute approximate surface area is 252 Å². The van der Waals surface area contributed by atoms with E-state index in [-0.39, 0.29) is 0 Å². The van der Waals surface area contributed by atoms with Crippen molar-refractivity contribution < 1.29 is 0 Å². The van der Waals surface area contributed by atoms with Gasteiger partial charge in [0.05, 0.1) is 22.4 Å². The molecular formula is C40H24N2S. The van der Waals surface area contributed by atoms with Crippen LogP contribution in [0.5, 0.6) is 0 Å². The molecule has 3 heterocycles. The zero-order valence-corrected chi connectivity index (χ0v) is 24.0. The average Bonchev–Trinajstić information content (AvgIpc) is 3.47. The maximum absolute atomic E-state index is 5.20. The lowest BCUT2D eigenvalue weighted by atomic mass is 10.00. The lowest BCUT2D eigenvalue weighted by molar-refractivity contribution is 1.37. The molecule has 3 heteroatoms. The van der Waals surface area contributed by atoms with E-state index in [9.17, 15) is 0 Å². The monoisotopic (exact) mass is 564 g/mol. The van der Waals surface area contributed by atoms with Crippen LogP contribution >= 0.6 is 11.3 Å². The summed E-state index contributed by atoms with van der Waals surface area (Å²) < 4.78 is 2.66. The third kappa shape index (κ3) is 3.93. The van der Waals surface area contributed by atoms with Crippen molar-refractivity contribution in [1.82, 2.24) is 9.97 Å². The van der Waals surface area contributed by atoms with Crippen molar-refractivity contribution in [3.05, 3.63) is 146 Å². The Balaban J connectivity index is 1.15. The highest BCUT2D eigenvalue weighted by atomic mass is 32.1. The lowest BCUT2D eigenvalue weighted by Gasteiger charge is -2.10. The Morgan fingerprint density at radius 3 is 1.79 bits per heavy atom. The first kappa shape index (κ1) is 24.2. The van der Waals surface area contributed by atoms with Crippen LogP contribution in [0.4, 0.5) is 0 Å². The molecule has 0 aliphatic carbocycles. The van der Waals surface area contributed by atoms with Gasteiger partial charge in [-0.3, -0.25) is 0 Å². The number of pyridine rings is 2. The van der Waals surface area contributed by atoms with Gasteiger partial charge < -0.3 is 0 Å². The fraction of sp³-hybridized carbons (Fsp3) is 0. The number of aromatic nitrogens is 2. The third-order valence-corrected chi connectivity index (χ3v) is 9.70. The van der Waals surface area contributed by atoms with Gasteiger partial charge in [-0.25, -0.2) is 9.97 Å². The number of rotatable bonds is 3. The number of fused-ring (bicyclic) bond motifs is 7. The van der Waals surface area contributed by atoms with E-state index >= 15 is 0 Å². The summed E-state index contributed by atoms with van der Waals surface area (Å²) in [7, 11) is 0. The van der Waals surface area contributed by atoms with Gasteiger partial charge in [0.1, 0.15) is 0 Å². The van der Waals surface area contributed by atoms with E-state index in [0.29, 0.717) is 0 Å². The molecule has 200 valence electrons. The lowest BCUT2D eigenvalue weighted by Crippen LogP contribution is -1.91. The molecule has 0 saturated carbocycles. The summed E-state index contributed by atoms with van der Waals surface area (Å²) >= 11 is 1.87. The van der Waals surface area contributed by atoms with Crippen LogP contribution in [0.25, 0.3) is 86.4 Å². The minimum Gasteiger partial charge on any atom is -0.245 e. The predicted molar refractivity (Wildman–Crippen MR) is 184 cm³/mol. The summed E-state index contributed by atoms with van der Waals surface area (Å²) in [4.78, 5) is 10.4. The molecule has 2 nitrogen and oxygen atoms in total. The van der Waals surface area contributed by atoms with Crippen molar-refractivity contribution in [2.24, 2.45) is 0 Å². The van der Waals surface area contributed by atoms with Gasteiger partial charge in [0.25, 0.3) is 0 Å². The summed E-state index contributed by atoms with van der Waals surface area (Å²) in [5.74, 6) is 0. The van der Waals surface area contributed by atoms with Gasteiger partial charge in [-0.2, -0.15) is 0 Å². The van der Waals surface area contributed by atoms with Crippen LogP contribution < -0.4 is 0 Å². The Morgan fingerprint density at radius 2 is 0.953 bits per heavy atom. The van der Waals surface area contributed by atoms with Crippen molar-refractivity contribution in [3.8, 4) is 33.6 Å². The third-order valence-electron chi connectivity index (χ3n) is 8.48. The van der Waals surface area contributed by atoms with Crippen LogP contribution in [0.3, 0.4) is 0 Å². The molecule has 0 atom stereocenters. The highest BCUT2D eigenvalue weighted by Crippen LogP contribution is 2.40.